The molecule has 0 amide bonds. The fourth-order valence-corrected chi connectivity index (χ4v) is 3.34. The SMILES string of the molecule is CCCCN(CCCC)C(SC)=[N+](CCCC)CCCC.[Cl-]. The quantitative estimate of drug-likeness (QED) is 0.302. The monoisotopic (exact) mass is 350 g/mol. The van der Waals surface area contributed by atoms with Crippen LogP contribution >= 0.6 is 11.8 Å². The van der Waals surface area contributed by atoms with E-state index in [0.717, 1.165) is 0 Å². The fourth-order valence-electron chi connectivity index (χ4n) is 2.46. The van der Waals surface area contributed by atoms with Gasteiger partial charge in [0.25, 0.3) is 0 Å². The molecule has 0 atom stereocenters. The molecule has 0 heterocycles. The van der Waals surface area contributed by atoms with Gasteiger partial charge in [-0.3, -0.25) is 9.48 Å². The maximum absolute atomic E-state index is 2.66. The van der Waals surface area contributed by atoms with Crippen molar-refractivity contribution >= 4 is 16.9 Å². The number of rotatable bonds is 12. The van der Waals surface area contributed by atoms with Gasteiger partial charge in [-0.05, 0) is 43.7 Å². The van der Waals surface area contributed by atoms with E-state index in [4.69, 9.17) is 0 Å². The zero-order chi connectivity index (χ0) is 15.9. The van der Waals surface area contributed by atoms with Gasteiger partial charge in [-0.15, -0.1) is 0 Å². The molecule has 0 saturated carbocycles. The van der Waals surface area contributed by atoms with Gasteiger partial charge in [-0.2, -0.15) is 0 Å². The van der Waals surface area contributed by atoms with Crippen molar-refractivity contribution in [2.45, 2.75) is 79.1 Å². The van der Waals surface area contributed by atoms with Crippen molar-refractivity contribution < 1.29 is 17.0 Å². The van der Waals surface area contributed by atoms with Gasteiger partial charge in [0.05, 0.1) is 26.2 Å². The number of nitrogens with zero attached hydrogens (tertiary/aromatic N) is 2. The van der Waals surface area contributed by atoms with Crippen LogP contribution in [0.25, 0.3) is 0 Å². The van der Waals surface area contributed by atoms with Crippen LogP contribution in [0, 0.1) is 0 Å². The van der Waals surface area contributed by atoms with Crippen molar-refractivity contribution in [2.75, 3.05) is 32.4 Å². The van der Waals surface area contributed by atoms with E-state index in [-0.39, 0.29) is 12.4 Å². The van der Waals surface area contributed by atoms with Crippen LogP contribution < -0.4 is 12.4 Å². The summed E-state index contributed by atoms with van der Waals surface area (Å²) in [6.07, 6.45) is 12.6. The van der Waals surface area contributed by atoms with E-state index < -0.39 is 0 Å². The van der Waals surface area contributed by atoms with E-state index in [1.807, 2.05) is 11.8 Å². The Kier molecular flexibility index (Phi) is 19.3. The molecule has 0 N–H and O–H groups in total. The molecule has 134 valence electrons. The first-order chi connectivity index (χ1) is 10.2. The second-order valence-corrected chi connectivity index (χ2v) is 6.65. The molecule has 0 aliphatic carbocycles. The van der Waals surface area contributed by atoms with Crippen molar-refractivity contribution in [1.82, 2.24) is 4.90 Å². The summed E-state index contributed by atoms with van der Waals surface area (Å²) in [5.41, 5.74) is 0. The van der Waals surface area contributed by atoms with Crippen LogP contribution in [0.3, 0.4) is 0 Å². The van der Waals surface area contributed by atoms with Gasteiger partial charge in [0.1, 0.15) is 0 Å². The summed E-state index contributed by atoms with van der Waals surface area (Å²) in [5, 5.41) is 1.53. The molecule has 0 rings (SSSR count). The summed E-state index contributed by atoms with van der Waals surface area (Å²) in [7, 11) is 0. The standard InChI is InChI=1S/C18H39N2S.ClH/c1-6-10-14-19(15-11-7-2)18(21-5)20(16-12-8-3)17-13-9-4;/h6-17H2,1-5H3;1H/q+1;/p-1. The van der Waals surface area contributed by atoms with Crippen LogP contribution in [0.5, 0.6) is 0 Å². The molecule has 0 aromatic rings. The number of thioether (sulfide) groups is 1. The number of halogens is 1. The fraction of sp³-hybridized carbons (Fsp3) is 0.944. The molecule has 22 heavy (non-hydrogen) atoms. The first-order valence-corrected chi connectivity index (χ1v) is 10.4. The van der Waals surface area contributed by atoms with Gasteiger partial charge < -0.3 is 12.4 Å². The van der Waals surface area contributed by atoms with Gasteiger partial charge in [0.15, 0.2) is 0 Å². The van der Waals surface area contributed by atoms with Crippen molar-refractivity contribution in [3.8, 4) is 0 Å². The molecule has 0 aromatic heterocycles. The Morgan fingerprint density at radius 3 is 1.50 bits per heavy atom. The van der Waals surface area contributed by atoms with Crippen LogP contribution in [-0.4, -0.2) is 47.1 Å². The summed E-state index contributed by atoms with van der Waals surface area (Å²) >= 11 is 1.96. The van der Waals surface area contributed by atoms with Crippen molar-refractivity contribution in [3.05, 3.63) is 0 Å². The lowest BCUT2D eigenvalue weighted by molar-refractivity contribution is -0.530. The van der Waals surface area contributed by atoms with E-state index in [1.54, 1.807) is 0 Å². The summed E-state index contributed by atoms with van der Waals surface area (Å²) in [5.74, 6) is 0. The Balaban J connectivity index is 0. The average Bonchev–Trinajstić information content (AvgIpc) is 2.51. The molecule has 0 unspecified atom stereocenters. The molecule has 0 aliphatic rings. The van der Waals surface area contributed by atoms with Crippen molar-refractivity contribution in [2.24, 2.45) is 0 Å². The highest BCUT2D eigenvalue weighted by Crippen LogP contribution is 2.11. The summed E-state index contributed by atoms with van der Waals surface area (Å²) < 4.78 is 2.66. The van der Waals surface area contributed by atoms with Crippen LogP contribution in [0.2, 0.25) is 0 Å². The Bertz CT molecular complexity index is 252. The van der Waals surface area contributed by atoms with E-state index in [2.05, 4.69) is 43.4 Å². The predicted molar refractivity (Wildman–Crippen MR) is 99.7 cm³/mol. The molecule has 0 bridgehead atoms. The first kappa shape index (κ1) is 24.4. The van der Waals surface area contributed by atoms with Crippen LogP contribution in [0.4, 0.5) is 0 Å². The number of hydrogen-bond acceptors (Lipinski definition) is 1. The average molecular weight is 351 g/mol. The highest BCUT2D eigenvalue weighted by Gasteiger charge is 2.21. The normalized spacial score (nSPS) is 10.2. The zero-order valence-corrected chi connectivity index (χ0v) is 17.2. The second-order valence-electron chi connectivity index (χ2n) is 5.88. The van der Waals surface area contributed by atoms with Crippen molar-refractivity contribution in [1.29, 1.82) is 0 Å². The molecule has 0 saturated heterocycles. The second kappa shape index (κ2) is 17.5. The predicted octanol–water partition coefficient (Wildman–Crippen LogP) is 2.22. The summed E-state index contributed by atoms with van der Waals surface area (Å²) in [6.45, 7) is 14.1. The molecule has 0 spiro atoms. The van der Waals surface area contributed by atoms with Crippen LogP contribution in [-0.2, 0) is 0 Å². The first-order valence-electron chi connectivity index (χ1n) is 9.15. The third kappa shape index (κ3) is 10.8. The molecule has 0 fully saturated rings. The van der Waals surface area contributed by atoms with Crippen molar-refractivity contribution in [3.63, 3.8) is 0 Å². The Hall–Kier alpha value is 0.110. The lowest BCUT2D eigenvalue weighted by atomic mass is 10.2. The largest absolute Gasteiger partial charge is 1.00 e. The molecule has 0 radical (unpaired) electrons. The van der Waals surface area contributed by atoms with Crippen LogP contribution in [0.15, 0.2) is 0 Å². The smallest absolute Gasteiger partial charge is 0.308 e. The lowest BCUT2D eigenvalue weighted by Crippen LogP contribution is -3.00. The number of amidine groups is 1. The molecule has 0 aliphatic heterocycles. The highest BCUT2D eigenvalue weighted by molar-refractivity contribution is 8.12. The van der Waals surface area contributed by atoms with Gasteiger partial charge in [0.2, 0.25) is 0 Å². The van der Waals surface area contributed by atoms with E-state index in [0.29, 0.717) is 0 Å². The molecule has 4 heteroatoms. The molecule has 0 aromatic carbocycles. The maximum Gasteiger partial charge on any atom is 0.308 e. The van der Waals surface area contributed by atoms with Gasteiger partial charge in [-0.25, -0.2) is 0 Å². The maximum atomic E-state index is 2.66. The Morgan fingerprint density at radius 1 is 0.773 bits per heavy atom. The van der Waals surface area contributed by atoms with Gasteiger partial charge in [-0.1, -0.05) is 53.4 Å². The summed E-state index contributed by atoms with van der Waals surface area (Å²) in [4.78, 5) is 2.66. The topological polar surface area (TPSA) is 6.25 Å². The minimum Gasteiger partial charge on any atom is -1.00 e. The minimum atomic E-state index is 0. The van der Waals surface area contributed by atoms with Gasteiger partial charge in [0, 0.05) is 0 Å². The summed E-state index contributed by atoms with van der Waals surface area (Å²) in [6, 6.07) is 0. The third-order valence-corrected chi connectivity index (χ3v) is 4.73. The number of hydrogen-bond donors (Lipinski definition) is 0. The molecular formula is C18H39ClN2S. The third-order valence-electron chi connectivity index (χ3n) is 3.85. The molecule has 2 nitrogen and oxygen atoms in total. The highest BCUT2D eigenvalue weighted by atomic mass is 35.5. The minimum absolute atomic E-state index is 0. The van der Waals surface area contributed by atoms with E-state index in [9.17, 15) is 0 Å². The van der Waals surface area contributed by atoms with E-state index in [1.165, 1.54) is 82.7 Å². The lowest BCUT2D eigenvalue weighted by Gasteiger charge is -2.22. The number of unbranched alkanes of at least 4 members (excludes halogenated alkanes) is 4. The zero-order valence-electron chi connectivity index (χ0n) is 15.7. The van der Waals surface area contributed by atoms with Crippen LogP contribution in [0.1, 0.15) is 79.1 Å². The Labute approximate surface area is 150 Å². The van der Waals surface area contributed by atoms with E-state index >= 15 is 0 Å². The van der Waals surface area contributed by atoms with Gasteiger partial charge >= 0.3 is 5.17 Å². The Morgan fingerprint density at radius 2 is 1.18 bits per heavy atom. The molecular weight excluding hydrogens is 312 g/mol.